The van der Waals surface area contributed by atoms with Crippen LogP contribution in [0.15, 0.2) is 71.9 Å². The fraction of sp³-hybridized carbons (Fsp3) is 0.0952. The van der Waals surface area contributed by atoms with Crippen LogP contribution in [0.25, 0.3) is 6.08 Å². The van der Waals surface area contributed by atoms with E-state index in [4.69, 9.17) is 9.47 Å². The maximum atomic E-state index is 12.5. The van der Waals surface area contributed by atoms with Crippen LogP contribution in [0.5, 0.6) is 11.6 Å². The Hall–Kier alpha value is -3.92. The van der Waals surface area contributed by atoms with Gasteiger partial charge in [0.15, 0.2) is 0 Å². The predicted octanol–water partition coefficient (Wildman–Crippen LogP) is 2.95. The summed E-state index contributed by atoms with van der Waals surface area (Å²) in [6, 6.07) is 14.4. The Balaban J connectivity index is 1.66. The van der Waals surface area contributed by atoms with E-state index in [1.54, 1.807) is 19.3 Å². The van der Waals surface area contributed by atoms with E-state index in [1.807, 2.05) is 18.2 Å². The number of sulfonamides is 1. The van der Waals surface area contributed by atoms with E-state index in [0.29, 0.717) is 11.4 Å². The third-order valence-electron chi connectivity index (χ3n) is 4.08. The highest BCUT2D eigenvalue weighted by Crippen LogP contribution is 2.20. The molecule has 0 atom stereocenters. The molecule has 1 heterocycles. The number of hydrogen-bond acceptors (Lipinski definition) is 7. The lowest BCUT2D eigenvalue weighted by Gasteiger charge is -2.09. The van der Waals surface area contributed by atoms with Crippen molar-refractivity contribution in [1.82, 2.24) is 9.97 Å². The van der Waals surface area contributed by atoms with E-state index < -0.39 is 10.0 Å². The molecule has 9 nitrogen and oxygen atoms in total. The van der Waals surface area contributed by atoms with Gasteiger partial charge in [-0.15, -0.1) is 0 Å². The van der Waals surface area contributed by atoms with E-state index >= 15 is 0 Å². The molecular weight excluding hydrogens is 420 g/mol. The zero-order chi connectivity index (χ0) is 22.3. The van der Waals surface area contributed by atoms with Gasteiger partial charge in [-0.2, -0.15) is 0 Å². The Morgan fingerprint density at radius 3 is 2.45 bits per heavy atom. The average Bonchev–Trinajstić information content (AvgIpc) is 2.78. The van der Waals surface area contributed by atoms with Gasteiger partial charge in [0.1, 0.15) is 17.9 Å². The molecule has 0 spiro atoms. The molecule has 0 aliphatic rings. The molecule has 0 aliphatic heterocycles. The van der Waals surface area contributed by atoms with Gasteiger partial charge in [0.25, 0.3) is 10.0 Å². The van der Waals surface area contributed by atoms with Gasteiger partial charge < -0.3 is 14.8 Å². The van der Waals surface area contributed by atoms with Crippen molar-refractivity contribution in [2.45, 2.75) is 4.90 Å². The number of aromatic nitrogens is 2. The van der Waals surface area contributed by atoms with Gasteiger partial charge in [0.2, 0.25) is 11.8 Å². The molecule has 0 radical (unpaired) electrons. The van der Waals surface area contributed by atoms with Gasteiger partial charge in [0.05, 0.1) is 19.1 Å². The van der Waals surface area contributed by atoms with E-state index in [2.05, 4.69) is 20.0 Å². The van der Waals surface area contributed by atoms with E-state index in [1.165, 1.54) is 49.8 Å². The maximum Gasteiger partial charge on any atom is 0.263 e. The van der Waals surface area contributed by atoms with Crippen molar-refractivity contribution in [3.05, 3.63) is 72.6 Å². The second kappa shape index (κ2) is 9.72. The first-order chi connectivity index (χ1) is 14.9. The van der Waals surface area contributed by atoms with Crippen molar-refractivity contribution in [2.24, 2.45) is 0 Å². The fourth-order valence-corrected chi connectivity index (χ4v) is 3.57. The molecule has 10 heteroatoms. The van der Waals surface area contributed by atoms with Crippen LogP contribution in [0.3, 0.4) is 0 Å². The van der Waals surface area contributed by atoms with Crippen molar-refractivity contribution in [1.29, 1.82) is 0 Å². The van der Waals surface area contributed by atoms with Crippen molar-refractivity contribution >= 4 is 33.5 Å². The molecule has 0 aliphatic carbocycles. The summed E-state index contributed by atoms with van der Waals surface area (Å²) >= 11 is 0. The van der Waals surface area contributed by atoms with Crippen LogP contribution in [-0.4, -0.2) is 38.5 Å². The number of ether oxygens (including phenoxy) is 2. The summed E-state index contributed by atoms with van der Waals surface area (Å²) in [7, 11) is -0.904. The first-order valence-electron chi connectivity index (χ1n) is 9.02. The molecule has 0 unspecified atom stereocenters. The standard InChI is InChI=1S/C21H20N4O5S/c1-29-18-6-4-3-5-15(18)7-12-20(26)24-16-8-10-17(11-9-16)31(27,28)25-19-13-21(30-2)23-14-22-19/h3-14H,1-2H3,(H,24,26)(H,22,23,25)/b12-7+. The van der Waals surface area contributed by atoms with Crippen LogP contribution in [-0.2, 0) is 14.8 Å². The molecule has 2 N–H and O–H groups in total. The van der Waals surface area contributed by atoms with Crippen molar-refractivity contribution < 1.29 is 22.7 Å². The Labute approximate surface area is 179 Å². The minimum Gasteiger partial charge on any atom is -0.496 e. The molecule has 0 bridgehead atoms. The van der Waals surface area contributed by atoms with Gasteiger partial charge >= 0.3 is 0 Å². The zero-order valence-electron chi connectivity index (χ0n) is 16.8. The molecular formula is C21H20N4O5S. The number of nitrogens with one attached hydrogen (secondary N) is 2. The number of benzene rings is 2. The van der Waals surface area contributed by atoms with E-state index in [-0.39, 0.29) is 22.5 Å². The van der Waals surface area contributed by atoms with Crippen LogP contribution >= 0.6 is 0 Å². The maximum absolute atomic E-state index is 12.5. The van der Waals surface area contributed by atoms with Gasteiger partial charge in [-0.3, -0.25) is 9.52 Å². The Kier molecular flexibility index (Phi) is 6.83. The third kappa shape index (κ3) is 5.80. The molecule has 3 aromatic rings. The lowest BCUT2D eigenvalue weighted by atomic mass is 10.2. The summed E-state index contributed by atoms with van der Waals surface area (Å²) in [6.45, 7) is 0. The Bertz CT molecular complexity index is 1190. The number of amides is 1. The fourth-order valence-electron chi connectivity index (χ4n) is 2.57. The molecule has 1 amide bonds. The first kappa shape index (κ1) is 21.8. The van der Waals surface area contributed by atoms with Crippen LogP contribution in [0.4, 0.5) is 11.5 Å². The number of carbonyl (C=O) groups is 1. The monoisotopic (exact) mass is 440 g/mol. The van der Waals surface area contributed by atoms with Crippen LogP contribution in [0.1, 0.15) is 5.56 Å². The summed E-state index contributed by atoms with van der Waals surface area (Å²) in [5.74, 6) is 0.584. The lowest BCUT2D eigenvalue weighted by molar-refractivity contribution is -0.111. The topological polar surface area (TPSA) is 120 Å². The number of rotatable bonds is 8. The number of nitrogens with zero attached hydrogens (tertiary/aromatic N) is 2. The number of para-hydroxylation sites is 1. The highest BCUT2D eigenvalue weighted by molar-refractivity contribution is 7.92. The van der Waals surface area contributed by atoms with Gasteiger partial charge in [-0.1, -0.05) is 18.2 Å². The summed E-state index contributed by atoms with van der Waals surface area (Å²) in [5.41, 5.74) is 1.20. The Morgan fingerprint density at radius 1 is 1.00 bits per heavy atom. The number of hydrogen-bond donors (Lipinski definition) is 2. The van der Waals surface area contributed by atoms with Crippen molar-refractivity contribution in [3.63, 3.8) is 0 Å². The molecule has 2 aromatic carbocycles. The molecule has 31 heavy (non-hydrogen) atoms. The number of methoxy groups -OCH3 is 2. The molecule has 0 saturated heterocycles. The minimum atomic E-state index is -3.87. The van der Waals surface area contributed by atoms with Crippen LogP contribution in [0, 0.1) is 0 Å². The second-order valence-electron chi connectivity index (χ2n) is 6.14. The predicted molar refractivity (Wildman–Crippen MR) is 116 cm³/mol. The van der Waals surface area contributed by atoms with Crippen molar-refractivity contribution in [3.8, 4) is 11.6 Å². The quantitative estimate of drug-likeness (QED) is 0.517. The van der Waals surface area contributed by atoms with Crippen LogP contribution < -0.4 is 19.5 Å². The molecule has 0 fully saturated rings. The summed E-state index contributed by atoms with van der Waals surface area (Å²) in [4.78, 5) is 19.9. The Morgan fingerprint density at radius 2 is 1.74 bits per heavy atom. The van der Waals surface area contributed by atoms with Crippen LogP contribution in [0.2, 0.25) is 0 Å². The molecule has 0 saturated carbocycles. The number of anilines is 2. The largest absolute Gasteiger partial charge is 0.496 e. The van der Waals surface area contributed by atoms with Crippen molar-refractivity contribution in [2.75, 3.05) is 24.3 Å². The third-order valence-corrected chi connectivity index (χ3v) is 5.45. The first-order valence-corrected chi connectivity index (χ1v) is 10.5. The summed E-state index contributed by atoms with van der Waals surface area (Å²) in [5, 5.41) is 2.67. The normalized spacial score (nSPS) is 11.2. The average molecular weight is 440 g/mol. The van der Waals surface area contributed by atoms with E-state index in [0.717, 1.165) is 5.56 Å². The smallest absolute Gasteiger partial charge is 0.263 e. The van der Waals surface area contributed by atoms with E-state index in [9.17, 15) is 13.2 Å². The van der Waals surface area contributed by atoms with Gasteiger partial charge in [-0.25, -0.2) is 18.4 Å². The molecule has 160 valence electrons. The molecule has 1 aromatic heterocycles. The lowest BCUT2D eigenvalue weighted by Crippen LogP contribution is -2.14. The van der Waals surface area contributed by atoms with Gasteiger partial charge in [0, 0.05) is 23.4 Å². The highest BCUT2D eigenvalue weighted by Gasteiger charge is 2.15. The summed E-state index contributed by atoms with van der Waals surface area (Å²) < 4.78 is 37.6. The second-order valence-corrected chi connectivity index (χ2v) is 7.82. The zero-order valence-corrected chi connectivity index (χ0v) is 17.6. The minimum absolute atomic E-state index is 0.00708. The van der Waals surface area contributed by atoms with Gasteiger partial charge in [-0.05, 0) is 36.4 Å². The molecule has 3 rings (SSSR count). The SMILES string of the molecule is COc1cc(NS(=O)(=O)c2ccc(NC(=O)/C=C/c3ccccc3OC)cc2)ncn1. The summed E-state index contributed by atoms with van der Waals surface area (Å²) in [6.07, 6.45) is 4.19. The number of carbonyl (C=O) groups excluding carboxylic acids is 1. The highest BCUT2D eigenvalue weighted by atomic mass is 32.2.